The predicted molar refractivity (Wildman–Crippen MR) is 64.8 cm³/mol. The highest BCUT2D eigenvalue weighted by Crippen LogP contribution is 2.53. The third-order valence-electron chi connectivity index (χ3n) is 4.47. The van der Waals surface area contributed by atoms with Gasteiger partial charge in [0.15, 0.2) is 5.79 Å². The Bertz CT molecular complexity index is 337. The van der Waals surface area contributed by atoms with Gasteiger partial charge in [-0.05, 0) is 5.41 Å². The number of hydrogen-bond acceptors (Lipinski definition) is 5. The second-order valence-electron chi connectivity index (χ2n) is 6.79. The Morgan fingerprint density at radius 3 is 2.11 bits per heavy atom. The highest BCUT2D eigenvalue weighted by atomic mass is 16.8. The van der Waals surface area contributed by atoms with E-state index in [9.17, 15) is 15.3 Å². The fraction of sp³-hybridized carbons (Fsp3) is 1.00. The Balaban J connectivity index is 2.49. The third-order valence-corrected chi connectivity index (χ3v) is 4.47. The van der Waals surface area contributed by atoms with E-state index in [0.29, 0.717) is 0 Å². The van der Waals surface area contributed by atoms with E-state index < -0.39 is 35.1 Å². The van der Waals surface area contributed by atoms with Gasteiger partial charge in [0.25, 0.3) is 0 Å². The van der Waals surface area contributed by atoms with Crippen LogP contribution in [0.4, 0.5) is 0 Å². The van der Waals surface area contributed by atoms with Crippen molar-refractivity contribution in [2.75, 3.05) is 6.61 Å². The zero-order chi connectivity index (χ0) is 13.9. The van der Waals surface area contributed by atoms with Crippen LogP contribution in [0.2, 0.25) is 0 Å². The molecule has 0 radical (unpaired) electrons. The molecule has 5 atom stereocenters. The molecule has 2 fully saturated rings. The second-order valence-corrected chi connectivity index (χ2v) is 6.79. The fourth-order valence-electron chi connectivity index (χ4n) is 2.98. The summed E-state index contributed by atoms with van der Waals surface area (Å²) in [5, 5.41) is 30.6. The molecule has 2 rings (SSSR count). The van der Waals surface area contributed by atoms with Gasteiger partial charge in [0.05, 0.1) is 6.61 Å². The Morgan fingerprint density at radius 2 is 1.67 bits per heavy atom. The fourth-order valence-corrected chi connectivity index (χ4v) is 2.98. The summed E-state index contributed by atoms with van der Waals surface area (Å²) >= 11 is 0. The maximum absolute atomic E-state index is 10.3. The van der Waals surface area contributed by atoms with E-state index in [2.05, 4.69) is 0 Å². The lowest BCUT2D eigenvalue weighted by atomic mass is 9.69. The molecule has 18 heavy (non-hydrogen) atoms. The summed E-state index contributed by atoms with van der Waals surface area (Å²) in [4.78, 5) is 0. The summed E-state index contributed by atoms with van der Waals surface area (Å²) in [7, 11) is 0. The van der Waals surface area contributed by atoms with Crippen molar-refractivity contribution < 1.29 is 24.8 Å². The van der Waals surface area contributed by atoms with Crippen molar-refractivity contribution in [2.24, 2.45) is 11.3 Å². The van der Waals surface area contributed by atoms with Gasteiger partial charge in [-0.25, -0.2) is 0 Å². The molecule has 2 heterocycles. The van der Waals surface area contributed by atoms with Crippen LogP contribution in [0.1, 0.15) is 34.6 Å². The number of hydrogen-bond donors (Lipinski definition) is 3. The Hall–Kier alpha value is -0.200. The van der Waals surface area contributed by atoms with Gasteiger partial charge in [-0.1, -0.05) is 34.6 Å². The van der Waals surface area contributed by atoms with Gasteiger partial charge in [0.2, 0.25) is 0 Å². The molecule has 0 spiro atoms. The van der Waals surface area contributed by atoms with Gasteiger partial charge in [-0.2, -0.15) is 0 Å². The minimum atomic E-state index is -1.26. The molecule has 5 nitrogen and oxygen atoms in total. The third kappa shape index (κ3) is 1.51. The van der Waals surface area contributed by atoms with Crippen LogP contribution >= 0.6 is 0 Å². The average Bonchev–Trinajstić information content (AvgIpc) is 2.64. The van der Waals surface area contributed by atoms with Gasteiger partial charge < -0.3 is 24.8 Å². The van der Waals surface area contributed by atoms with E-state index in [-0.39, 0.29) is 12.5 Å². The Morgan fingerprint density at radius 1 is 1.11 bits per heavy atom. The predicted octanol–water partition coefficient (Wildman–Crippen LogP) is 0.267. The van der Waals surface area contributed by atoms with E-state index in [1.54, 1.807) is 0 Å². The van der Waals surface area contributed by atoms with Crippen LogP contribution in [0.25, 0.3) is 0 Å². The average molecular weight is 260 g/mol. The molecule has 0 saturated carbocycles. The second kappa shape index (κ2) is 3.90. The van der Waals surface area contributed by atoms with Crippen molar-refractivity contribution in [1.29, 1.82) is 0 Å². The van der Waals surface area contributed by atoms with E-state index >= 15 is 0 Å². The molecular formula is C13H24O5. The summed E-state index contributed by atoms with van der Waals surface area (Å²) in [6, 6.07) is 0. The Kier molecular flexibility index (Phi) is 3.08. The summed E-state index contributed by atoms with van der Waals surface area (Å²) in [6.45, 7) is 9.70. The lowest BCUT2D eigenvalue weighted by Gasteiger charge is -2.52. The molecule has 0 aromatic heterocycles. The van der Waals surface area contributed by atoms with Gasteiger partial charge in [-0.15, -0.1) is 0 Å². The standard InChI is InChI=1S/C13H24O5/c1-7(2)13-10(16)8(14)9(15)12(18-13,6-17-13)11(3,4)5/h7-10,14-16H,6H2,1-5H3/t8-,9-,10+,12-,13-/m0/s1. The zero-order valence-corrected chi connectivity index (χ0v) is 11.7. The monoisotopic (exact) mass is 260 g/mol. The van der Waals surface area contributed by atoms with Crippen molar-refractivity contribution in [3.05, 3.63) is 0 Å². The summed E-state index contributed by atoms with van der Waals surface area (Å²) < 4.78 is 11.7. The number of aliphatic hydroxyl groups is 3. The smallest absolute Gasteiger partial charge is 0.200 e. The lowest BCUT2D eigenvalue weighted by molar-refractivity contribution is -0.347. The molecule has 106 valence electrons. The minimum Gasteiger partial charge on any atom is -0.387 e. The molecule has 2 saturated heterocycles. The molecule has 3 N–H and O–H groups in total. The number of fused-ring (bicyclic) bond motifs is 2. The highest BCUT2D eigenvalue weighted by molar-refractivity contribution is 5.14. The van der Waals surface area contributed by atoms with Gasteiger partial charge >= 0.3 is 0 Å². The molecule has 0 aromatic carbocycles. The van der Waals surface area contributed by atoms with Gasteiger partial charge in [0.1, 0.15) is 23.9 Å². The maximum atomic E-state index is 10.3. The van der Waals surface area contributed by atoms with E-state index in [1.807, 2.05) is 34.6 Å². The van der Waals surface area contributed by atoms with Gasteiger partial charge in [-0.3, -0.25) is 0 Å². The Labute approximate surface area is 108 Å². The normalized spacial score (nSPS) is 48.8. The van der Waals surface area contributed by atoms with Gasteiger partial charge in [0, 0.05) is 5.92 Å². The molecule has 2 aliphatic heterocycles. The first-order valence-corrected chi connectivity index (χ1v) is 6.47. The van der Waals surface area contributed by atoms with Crippen LogP contribution in [0.3, 0.4) is 0 Å². The summed E-state index contributed by atoms with van der Waals surface area (Å²) in [5.41, 5.74) is -1.40. The van der Waals surface area contributed by atoms with Crippen molar-refractivity contribution in [3.8, 4) is 0 Å². The molecule has 0 aliphatic carbocycles. The van der Waals surface area contributed by atoms with E-state index in [0.717, 1.165) is 0 Å². The van der Waals surface area contributed by atoms with E-state index in [4.69, 9.17) is 9.47 Å². The highest BCUT2D eigenvalue weighted by Gasteiger charge is 2.70. The maximum Gasteiger partial charge on any atom is 0.200 e. The van der Waals surface area contributed by atoms with Crippen molar-refractivity contribution >= 4 is 0 Å². The molecule has 0 aromatic rings. The minimum absolute atomic E-state index is 0.126. The SMILES string of the molecule is CC(C)[C@]12OC[C@](C(C)(C)C)(O1)[C@@H](O)[C@H](O)[C@H]2O. The molecule has 0 unspecified atom stereocenters. The first-order chi connectivity index (χ1) is 8.08. The van der Waals surface area contributed by atoms with Crippen LogP contribution in [0, 0.1) is 11.3 Å². The molecular weight excluding hydrogens is 236 g/mol. The van der Waals surface area contributed by atoms with Crippen molar-refractivity contribution in [2.45, 2.75) is 64.3 Å². The summed E-state index contributed by atoms with van der Waals surface area (Å²) in [6.07, 6.45) is -3.67. The van der Waals surface area contributed by atoms with Crippen molar-refractivity contribution in [3.63, 3.8) is 0 Å². The van der Waals surface area contributed by atoms with Crippen LogP contribution in [-0.2, 0) is 9.47 Å². The van der Waals surface area contributed by atoms with Crippen LogP contribution in [-0.4, -0.2) is 51.6 Å². The number of ether oxygens (including phenoxy) is 2. The van der Waals surface area contributed by atoms with Crippen LogP contribution in [0.15, 0.2) is 0 Å². The molecule has 0 amide bonds. The first kappa shape index (κ1) is 14.2. The molecule has 2 aliphatic rings. The number of rotatable bonds is 1. The topological polar surface area (TPSA) is 79.2 Å². The van der Waals surface area contributed by atoms with Crippen LogP contribution < -0.4 is 0 Å². The van der Waals surface area contributed by atoms with Crippen molar-refractivity contribution in [1.82, 2.24) is 0 Å². The largest absolute Gasteiger partial charge is 0.387 e. The number of aliphatic hydroxyl groups excluding tert-OH is 3. The lowest BCUT2D eigenvalue weighted by Crippen LogP contribution is -2.70. The van der Waals surface area contributed by atoms with Crippen LogP contribution in [0.5, 0.6) is 0 Å². The quantitative estimate of drug-likeness (QED) is 0.630. The molecule has 5 heteroatoms. The van der Waals surface area contributed by atoms with E-state index in [1.165, 1.54) is 0 Å². The zero-order valence-electron chi connectivity index (χ0n) is 11.7. The first-order valence-electron chi connectivity index (χ1n) is 6.47. The summed E-state index contributed by atoms with van der Waals surface area (Å²) in [5.74, 6) is -1.36. The molecule has 2 bridgehead atoms.